The Morgan fingerprint density at radius 2 is 2.07 bits per heavy atom. The number of fused-ring (bicyclic) bond motifs is 1. The first-order valence-corrected chi connectivity index (χ1v) is 4.71. The highest BCUT2D eigenvalue weighted by Crippen LogP contribution is 2.29. The molecule has 1 heterocycles. The zero-order chi connectivity index (χ0) is 11.1. The maximum Gasteiger partial charge on any atom is 0.487 e. The van der Waals surface area contributed by atoms with Crippen LogP contribution >= 0.6 is 23.8 Å². The molecule has 0 spiro atoms. The van der Waals surface area contributed by atoms with E-state index in [-0.39, 0.29) is 5.75 Å². The number of aromatic amines is 2. The van der Waals surface area contributed by atoms with Gasteiger partial charge in [0.05, 0.1) is 5.52 Å². The van der Waals surface area contributed by atoms with Gasteiger partial charge in [0.25, 0.3) is 0 Å². The van der Waals surface area contributed by atoms with Crippen molar-refractivity contribution in [2.45, 2.75) is 5.57 Å². The highest BCUT2D eigenvalue weighted by molar-refractivity contribution is 7.71. The van der Waals surface area contributed by atoms with Crippen LogP contribution in [0.1, 0.15) is 0 Å². The minimum Gasteiger partial charge on any atom is -0.418 e. The fourth-order valence-corrected chi connectivity index (χ4v) is 1.54. The van der Waals surface area contributed by atoms with Crippen molar-refractivity contribution in [3.8, 4) is 5.75 Å². The molecule has 2 aromatic rings. The molecule has 0 aliphatic heterocycles. The van der Waals surface area contributed by atoms with E-state index in [1.54, 1.807) is 12.1 Å². The van der Waals surface area contributed by atoms with Crippen LogP contribution in [-0.2, 0) is 0 Å². The number of benzene rings is 1. The first-order valence-electron chi connectivity index (χ1n) is 3.92. The molecule has 7 heteroatoms. The first-order chi connectivity index (χ1) is 6.96. The van der Waals surface area contributed by atoms with Crippen molar-refractivity contribution in [3.05, 3.63) is 23.0 Å². The van der Waals surface area contributed by atoms with E-state index in [0.29, 0.717) is 15.8 Å². The lowest BCUT2D eigenvalue weighted by atomic mass is 10.3. The fourth-order valence-electron chi connectivity index (χ4n) is 1.24. The SMILES string of the molecule is FC(F)(Cl)Oc1cccc2[nH]c(=S)[nH]c12. The van der Waals surface area contributed by atoms with Gasteiger partial charge in [-0.3, -0.25) is 0 Å². The molecule has 0 fully saturated rings. The molecule has 1 aromatic heterocycles. The van der Waals surface area contributed by atoms with Crippen molar-refractivity contribution < 1.29 is 13.5 Å². The Morgan fingerprint density at radius 1 is 1.33 bits per heavy atom. The summed E-state index contributed by atoms with van der Waals surface area (Å²) in [4.78, 5) is 5.47. The normalized spacial score (nSPS) is 11.9. The van der Waals surface area contributed by atoms with Gasteiger partial charge in [0.1, 0.15) is 5.52 Å². The molecule has 0 atom stereocenters. The molecule has 0 bridgehead atoms. The summed E-state index contributed by atoms with van der Waals surface area (Å²) in [6.07, 6.45) is 0. The van der Waals surface area contributed by atoms with Crippen LogP contribution in [0.2, 0.25) is 0 Å². The van der Waals surface area contributed by atoms with Gasteiger partial charge in [-0.05, 0) is 24.4 Å². The van der Waals surface area contributed by atoms with Gasteiger partial charge in [0.2, 0.25) is 0 Å². The van der Waals surface area contributed by atoms with Crippen LogP contribution in [0.4, 0.5) is 8.78 Å². The van der Waals surface area contributed by atoms with Crippen LogP contribution in [0.5, 0.6) is 5.75 Å². The van der Waals surface area contributed by atoms with Gasteiger partial charge in [-0.25, -0.2) is 0 Å². The summed E-state index contributed by atoms with van der Waals surface area (Å²) in [7, 11) is 0. The number of imidazole rings is 1. The third kappa shape index (κ3) is 2.27. The number of hydrogen-bond acceptors (Lipinski definition) is 2. The van der Waals surface area contributed by atoms with Crippen molar-refractivity contribution in [2.75, 3.05) is 0 Å². The van der Waals surface area contributed by atoms with E-state index < -0.39 is 5.57 Å². The molecular formula is C8H5ClF2N2OS. The van der Waals surface area contributed by atoms with Crippen molar-refractivity contribution in [3.63, 3.8) is 0 Å². The van der Waals surface area contributed by atoms with Crippen molar-refractivity contribution >= 4 is 34.9 Å². The number of para-hydroxylation sites is 1. The number of halogens is 3. The van der Waals surface area contributed by atoms with E-state index in [9.17, 15) is 8.78 Å². The highest BCUT2D eigenvalue weighted by atomic mass is 35.5. The second-order valence-electron chi connectivity index (χ2n) is 2.81. The molecule has 3 nitrogen and oxygen atoms in total. The van der Waals surface area contributed by atoms with E-state index in [2.05, 4.69) is 26.3 Å². The van der Waals surface area contributed by atoms with E-state index in [4.69, 9.17) is 12.2 Å². The summed E-state index contributed by atoms with van der Waals surface area (Å²) in [5, 5.41) is 0. The second kappa shape index (κ2) is 3.46. The van der Waals surface area contributed by atoms with Gasteiger partial charge < -0.3 is 14.7 Å². The van der Waals surface area contributed by atoms with E-state index in [0.717, 1.165) is 0 Å². The molecular weight excluding hydrogens is 246 g/mol. The van der Waals surface area contributed by atoms with Crippen LogP contribution in [0.25, 0.3) is 11.0 Å². The minimum absolute atomic E-state index is 0.0557. The molecule has 2 N–H and O–H groups in total. The summed E-state index contributed by atoms with van der Waals surface area (Å²) in [6, 6.07) is 4.61. The summed E-state index contributed by atoms with van der Waals surface area (Å²) < 4.78 is 29.5. The number of nitrogens with one attached hydrogen (secondary N) is 2. The van der Waals surface area contributed by atoms with Crippen LogP contribution in [-0.4, -0.2) is 15.5 Å². The first kappa shape index (κ1) is 10.4. The number of ether oxygens (including phenoxy) is 1. The predicted octanol–water partition coefficient (Wildman–Crippen LogP) is 3.39. The molecule has 15 heavy (non-hydrogen) atoms. The Balaban J connectivity index is 2.56. The van der Waals surface area contributed by atoms with Gasteiger partial charge in [-0.15, -0.1) is 8.78 Å². The van der Waals surface area contributed by atoms with Gasteiger partial charge >= 0.3 is 5.57 Å². The fraction of sp³-hybridized carbons (Fsp3) is 0.125. The summed E-state index contributed by atoms with van der Waals surface area (Å²) in [6.45, 7) is 0. The van der Waals surface area contributed by atoms with Gasteiger partial charge in [0.15, 0.2) is 10.5 Å². The number of H-pyrrole nitrogens is 2. The van der Waals surface area contributed by atoms with Crippen molar-refractivity contribution in [2.24, 2.45) is 0 Å². The molecule has 0 aliphatic rings. The third-order valence-corrected chi connectivity index (χ3v) is 2.02. The lowest BCUT2D eigenvalue weighted by Gasteiger charge is -2.10. The van der Waals surface area contributed by atoms with E-state index in [1.165, 1.54) is 6.07 Å². The van der Waals surface area contributed by atoms with Gasteiger partial charge in [-0.1, -0.05) is 6.07 Å². The monoisotopic (exact) mass is 250 g/mol. The standard InChI is InChI=1S/C8H5ClF2N2OS/c9-8(10,11)14-5-3-1-2-4-6(5)13-7(15)12-4/h1-3H,(H2,12,13,15). The zero-order valence-corrected chi connectivity index (χ0v) is 8.75. The summed E-state index contributed by atoms with van der Waals surface area (Å²) in [5.74, 6) is -0.0557. The predicted molar refractivity (Wildman–Crippen MR) is 54.9 cm³/mol. The van der Waals surface area contributed by atoms with Crippen LogP contribution in [0, 0.1) is 4.77 Å². The summed E-state index contributed by atoms with van der Waals surface area (Å²) in [5.41, 5.74) is -2.79. The lowest BCUT2D eigenvalue weighted by Crippen LogP contribution is -2.15. The number of hydrogen-bond donors (Lipinski definition) is 2. The number of aromatic nitrogens is 2. The molecule has 1 aromatic carbocycles. The quantitative estimate of drug-likeness (QED) is 0.634. The Hall–Kier alpha value is -1.14. The molecule has 2 rings (SSSR count). The molecule has 80 valence electrons. The average molecular weight is 251 g/mol. The lowest BCUT2D eigenvalue weighted by molar-refractivity contribution is -0.0956. The highest BCUT2D eigenvalue weighted by Gasteiger charge is 2.28. The largest absolute Gasteiger partial charge is 0.487 e. The Labute approximate surface area is 93.0 Å². The van der Waals surface area contributed by atoms with Crippen molar-refractivity contribution in [1.29, 1.82) is 0 Å². The molecule has 0 amide bonds. The maximum atomic E-state index is 12.4. The molecule has 0 saturated carbocycles. The maximum absolute atomic E-state index is 12.4. The van der Waals surface area contributed by atoms with E-state index in [1.807, 2.05) is 0 Å². The Morgan fingerprint density at radius 3 is 2.73 bits per heavy atom. The topological polar surface area (TPSA) is 40.8 Å². The smallest absolute Gasteiger partial charge is 0.418 e. The second-order valence-corrected chi connectivity index (χ2v) is 3.65. The number of alkyl halides is 3. The molecule has 0 radical (unpaired) electrons. The van der Waals surface area contributed by atoms with Crippen molar-refractivity contribution in [1.82, 2.24) is 9.97 Å². The number of rotatable bonds is 2. The van der Waals surface area contributed by atoms with Crippen LogP contribution in [0.3, 0.4) is 0 Å². The van der Waals surface area contributed by atoms with Gasteiger partial charge in [-0.2, -0.15) is 0 Å². The van der Waals surface area contributed by atoms with Crippen LogP contribution < -0.4 is 4.74 Å². The molecule has 0 saturated heterocycles. The Kier molecular flexibility index (Phi) is 2.40. The third-order valence-electron chi connectivity index (χ3n) is 1.74. The minimum atomic E-state index is -3.74. The Bertz CT molecular complexity index is 545. The molecule has 0 aliphatic carbocycles. The molecule has 0 unspecified atom stereocenters. The van der Waals surface area contributed by atoms with E-state index >= 15 is 0 Å². The zero-order valence-electron chi connectivity index (χ0n) is 7.18. The average Bonchev–Trinajstić information content (AvgIpc) is 2.43. The van der Waals surface area contributed by atoms with Gasteiger partial charge in [0, 0.05) is 11.6 Å². The van der Waals surface area contributed by atoms with Crippen LogP contribution in [0.15, 0.2) is 18.2 Å². The summed E-state index contributed by atoms with van der Waals surface area (Å²) >= 11 is 9.50.